The molecule has 0 amide bonds. The highest BCUT2D eigenvalue weighted by Gasteiger charge is 1.87. The average molecular weight is 210 g/mol. The highest BCUT2D eigenvalue weighted by atomic mass is 19.1. The standard InChI is InChI=1S/C15H11F/c16-15-11-9-14(10-12-15)8-4-7-13-5-2-1-3-6-13/h1-3,5-12H. The zero-order valence-electron chi connectivity index (χ0n) is 8.73. The molecular formula is C15H11F. The molecule has 78 valence electrons. The summed E-state index contributed by atoms with van der Waals surface area (Å²) in [5, 5.41) is 0. The third kappa shape index (κ3) is 2.94. The predicted octanol–water partition coefficient (Wildman–Crippen LogP) is 4.15. The number of halogens is 1. The van der Waals surface area contributed by atoms with Crippen LogP contribution in [0.4, 0.5) is 4.39 Å². The Bertz CT molecular complexity index is 503. The second kappa shape index (κ2) is 5.11. The Hall–Kier alpha value is -2.11. The van der Waals surface area contributed by atoms with Gasteiger partial charge in [0.05, 0.1) is 0 Å². The Morgan fingerprint density at radius 2 is 1.31 bits per heavy atom. The van der Waals surface area contributed by atoms with Crippen LogP contribution in [-0.2, 0) is 0 Å². The van der Waals surface area contributed by atoms with Crippen LogP contribution in [-0.4, -0.2) is 0 Å². The van der Waals surface area contributed by atoms with E-state index < -0.39 is 0 Å². The van der Waals surface area contributed by atoms with Crippen molar-refractivity contribution in [3.8, 4) is 0 Å². The first-order valence-electron chi connectivity index (χ1n) is 5.08. The van der Waals surface area contributed by atoms with Crippen molar-refractivity contribution >= 4 is 12.2 Å². The minimum Gasteiger partial charge on any atom is -0.207 e. The van der Waals surface area contributed by atoms with E-state index in [0.29, 0.717) is 0 Å². The third-order valence-electron chi connectivity index (χ3n) is 2.17. The molecule has 0 spiro atoms. The summed E-state index contributed by atoms with van der Waals surface area (Å²) in [4.78, 5) is 0. The number of hydrogen-bond acceptors (Lipinski definition) is 0. The first-order valence-corrected chi connectivity index (χ1v) is 5.08. The van der Waals surface area contributed by atoms with Gasteiger partial charge in [-0.2, -0.15) is 0 Å². The molecule has 0 unspecified atom stereocenters. The molecule has 0 heterocycles. The summed E-state index contributed by atoms with van der Waals surface area (Å²) in [7, 11) is 0. The highest BCUT2D eigenvalue weighted by Crippen LogP contribution is 2.05. The third-order valence-corrected chi connectivity index (χ3v) is 2.17. The fraction of sp³-hybridized carbons (Fsp3) is 0. The van der Waals surface area contributed by atoms with Crippen LogP contribution in [0.1, 0.15) is 11.1 Å². The van der Waals surface area contributed by atoms with Crippen molar-refractivity contribution in [2.24, 2.45) is 0 Å². The van der Waals surface area contributed by atoms with Gasteiger partial charge in [-0.05, 0) is 35.4 Å². The predicted molar refractivity (Wildman–Crippen MR) is 65.3 cm³/mol. The monoisotopic (exact) mass is 210 g/mol. The van der Waals surface area contributed by atoms with Crippen LogP contribution in [0.25, 0.3) is 12.2 Å². The Balaban J connectivity index is 2.15. The van der Waals surface area contributed by atoms with Gasteiger partial charge in [0.2, 0.25) is 0 Å². The van der Waals surface area contributed by atoms with E-state index in [9.17, 15) is 4.39 Å². The SMILES string of the molecule is Fc1ccc(C=C=Cc2ccccc2)cc1. The molecule has 0 saturated heterocycles. The quantitative estimate of drug-likeness (QED) is 0.653. The molecule has 0 fully saturated rings. The number of hydrogen-bond donors (Lipinski definition) is 0. The number of rotatable bonds is 2. The maximum Gasteiger partial charge on any atom is 0.123 e. The second-order valence-electron chi connectivity index (χ2n) is 3.42. The van der Waals surface area contributed by atoms with E-state index in [0.717, 1.165) is 11.1 Å². The van der Waals surface area contributed by atoms with Crippen LogP contribution in [0.2, 0.25) is 0 Å². The second-order valence-corrected chi connectivity index (χ2v) is 3.42. The topological polar surface area (TPSA) is 0 Å². The summed E-state index contributed by atoms with van der Waals surface area (Å²) in [6.07, 6.45) is 3.72. The normalized spacial score (nSPS) is 9.31. The van der Waals surface area contributed by atoms with Gasteiger partial charge < -0.3 is 0 Å². The van der Waals surface area contributed by atoms with E-state index in [2.05, 4.69) is 5.73 Å². The van der Waals surface area contributed by atoms with Gasteiger partial charge >= 0.3 is 0 Å². The maximum absolute atomic E-state index is 12.6. The lowest BCUT2D eigenvalue weighted by molar-refractivity contribution is 0.628. The molecule has 0 aliphatic carbocycles. The van der Waals surface area contributed by atoms with Gasteiger partial charge in [-0.25, -0.2) is 4.39 Å². The molecule has 2 aromatic carbocycles. The Kier molecular flexibility index (Phi) is 3.32. The number of benzene rings is 2. The highest BCUT2D eigenvalue weighted by molar-refractivity contribution is 5.57. The lowest BCUT2D eigenvalue weighted by Crippen LogP contribution is -1.73. The van der Waals surface area contributed by atoms with Crippen LogP contribution in [0, 0.1) is 5.82 Å². The lowest BCUT2D eigenvalue weighted by Gasteiger charge is -1.90. The summed E-state index contributed by atoms with van der Waals surface area (Å²) >= 11 is 0. The molecule has 2 rings (SSSR count). The molecule has 0 saturated carbocycles. The first-order chi connectivity index (χ1) is 7.84. The molecule has 0 atom stereocenters. The van der Waals surface area contributed by atoms with Gasteiger partial charge in [-0.1, -0.05) is 42.5 Å². The molecule has 0 aliphatic rings. The van der Waals surface area contributed by atoms with Crippen molar-refractivity contribution in [1.29, 1.82) is 0 Å². The Morgan fingerprint density at radius 3 is 1.94 bits per heavy atom. The van der Waals surface area contributed by atoms with E-state index in [1.54, 1.807) is 12.1 Å². The van der Waals surface area contributed by atoms with E-state index in [-0.39, 0.29) is 5.82 Å². The summed E-state index contributed by atoms with van der Waals surface area (Å²) in [6, 6.07) is 16.3. The zero-order chi connectivity index (χ0) is 11.2. The summed E-state index contributed by atoms with van der Waals surface area (Å²) in [5.41, 5.74) is 5.10. The Morgan fingerprint density at radius 1 is 0.750 bits per heavy atom. The van der Waals surface area contributed by atoms with Crippen molar-refractivity contribution in [2.45, 2.75) is 0 Å². The largest absolute Gasteiger partial charge is 0.207 e. The minimum absolute atomic E-state index is 0.218. The molecular weight excluding hydrogens is 199 g/mol. The van der Waals surface area contributed by atoms with Crippen molar-refractivity contribution in [1.82, 2.24) is 0 Å². The van der Waals surface area contributed by atoms with Gasteiger partial charge in [0, 0.05) is 0 Å². The van der Waals surface area contributed by atoms with Gasteiger partial charge in [-0.3, -0.25) is 0 Å². The van der Waals surface area contributed by atoms with E-state index in [1.807, 2.05) is 42.5 Å². The zero-order valence-corrected chi connectivity index (χ0v) is 8.73. The molecule has 0 radical (unpaired) electrons. The fourth-order valence-corrected chi connectivity index (χ4v) is 1.34. The first kappa shape index (κ1) is 10.4. The van der Waals surface area contributed by atoms with Crippen LogP contribution in [0.3, 0.4) is 0 Å². The van der Waals surface area contributed by atoms with Crippen molar-refractivity contribution in [2.75, 3.05) is 0 Å². The van der Waals surface area contributed by atoms with Gasteiger partial charge in [0.1, 0.15) is 5.82 Å². The lowest BCUT2D eigenvalue weighted by atomic mass is 10.2. The van der Waals surface area contributed by atoms with E-state index >= 15 is 0 Å². The van der Waals surface area contributed by atoms with Crippen LogP contribution in [0.5, 0.6) is 0 Å². The van der Waals surface area contributed by atoms with Gasteiger partial charge in [-0.15, -0.1) is 5.73 Å². The van der Waals surface area contributed by atoms with Crippen LogP contribution in [0.15, 0.2) is 60.3 Å². The molecule has 0 bridgehead atoms. The van der Waals surface area contributed by atoms with E-state index in [4.69, 9.17) is 0 Å². The van der Waals surface area contributed by atoms with Gasteiger partial charge in [0.15, 0.2) is 0 Å². The van der Waals surface area contributed by atoms with Crippen molar-refractivity contribution in [3.63, 3.8) is 0 Å². The minimum atomic E-state index is -0.218. The molecule has 2 aromatic rings. The molecule has 1 heteroatoms. The fourth-order valence-electron chi connectivity index (χ4n) is 1.34. The molecule has 16 heavy (non-hydrogen) atoms. The molecule has 0 N–H and O–H groups in total. The van der Waals surface area contributed by atoms with Crippen molar-refractivity contribution < 1.29 is 4.39 Å². The summed E-state index contributed by atoms with van der Waals surface area (Å²) in [6.45, 7) is 0. The van der Waals surface area contributed by atoms with Crippen LogP contribution >= 0.6 is 0 Å². The smallest absolute Gasteiger partial charge is 0.123 e. The molecule has 0 aromatic heterocycles. The van der Waals surface area contributed by atoms with Crippen molar-refractivity contribution in [3.05, 3.63) is 77.3 Å². The molecule has 0 aliphatic heterocycles. The average Bonchev–Trinajstić information content (AvgIpc) is 2.33. The summed E-state index contributed by atoms with van der Waals surface area (Å²) < 4.78 is 12.6. The maximum atomic E-state index is 12.6. The van der Waals surface area contributed by atoms with Crippen LogP contribution < -0.4 is 0 Å². The molecule has 0 nitrogen and oxygen atoms in total. The summed E-state index contributed by atoms with van der Waals surface area (Å²) in [5.74, 6) is -0.218. The van der Waals surface area contributed by atoms with E-state index in [1.165, 1.54) is 12.1 Å². The van der Waals surface area contributed by atoms with Gasteiger partial charge in [0.25, 0.3) is 0 Å². The Labute approximate surface area is 94.4 Å².